The summed E-state index contributed by atoms with van der Waals surface area (Å²) in [5, 5.41) is 2.86. The van der Waals surface area contributed by atoms with Crippen LogP contribution in [0.15, 0.2) is 55.1 Å². The summed E-state index contributed by atoms with van der Waals surface area (Å²) in [5.41, 5.74) is 1.25. The van der Waals surface area contributed by atoms with Gasteiger partial charge in [-0.2, -0.15) is 0 Å². The van der Waals surface area contributed by atoms with E-state index in [0.717, 1.165) is 9.26 Å². The fourth-order valence-corrected chi connectivity index (χ4v) is 2.39. The second-order valence-corrected chi connectivity index (χ2v) is 5.68. The van der Waals surface area contributed by atoms with E-state index in [1.807, 2.05) is 24.3 Å². The molecule has 0 spiro atoms. The fourth-order valence-electron chi connectivity index (χ4n) is 1.85. The lowest BCUT2D eigenvalue weighted by atomic mass is 10.2. The van der Waals surface area contributed by atoms with E-state index < -0.39 is 0 Å². The third-order valence-electron chi connectivity index (χ3n) is 2.86. The predicted molar refractivity (Wildman–Crippen MR) is 95.8 cm³/mol. The van der Waals surface area contributed by atoms with Gasteiger partial charge in [0.2, 0.25) is 0 Å². The molecule has 0 heterocycles. The normalized spacial score (nSPS) is 9.91. The number of anilines is 1. The second kappa shape index (κ2) is 7.84. The third kappa shape index (κ3) is 4.24. The van der Waals surface area contributed by atoms with Gasteiger partial charge in [-0.15, -0.1) is 0 Å². The molecule has 22 heavy (non-hydrogen) atoms. The largest absolute Gasteiger partial charge is 0.493 e. The molecule has 1 amide bonds. The minimum Gasteiger partial charge on any atom is -0.493 e. The van der Waals surface area contributed by atoms with Crippen LogP contribution in [0.4, 0.5) is 5.69 Å². The highest BCUT2D eigenvalue weighted by Crippen LogP contribution is 2.28. The molecule has 0 aliphatic rings. The van der Waals surface area contributed by atoms with Crippen LogP contribution in [0.3, 0.4) is 0 Å². The van der Waals surface area contributed by atoms with Crippen LogP contribution in [-0.4, -0.2) is 19.6 Å². The van der Waals surface area contributed by atoms with E-state index in [-0.39, 0.29) is 5.91 Å². The molecule has 0 aliphatic carbocycles. The molecule has 2 rings (SSSR count). The summed E-state index contributed by atoms with van der Waals surface area (Å²) in [6.45, 7) is 3.98. The Morgan fingerprint density at radius 1 is 1.27 bits per heavy atom. The number of hydrogen-bond donors (Lipinski definition) is 1. The molecular formula is C17H16INO3. The van der Waals surface area contributed by atoms with Crippen molar-refractivity contribution in [2.45, 2.75) is 0 Å². The van der Waals surface area contributed by atoms with E-state index in [0.29, 0.717) is 23.7 Å². The van der Waals surface area contributed by atoms with Crippen molar-refractivity contribution in [3.63, 3.8) is 0 Å². The number of carbonyl (C=O) groups excluding carboxylic acids is 1. The van der Waals surface area contributed by atoms with Crippen LogP contribution < -0.4 is 14.8 Å². The number of carbonyl (C=O) groups is 1. The van der Waals surface area contributed by atoms with Gasteiger partial charge in [-0.25, -0.2) is 0 Å². The molecule has 0 aromatic heterocycles. The maximum atomic E-state index is 12.3. The van der Waals surface area contributed by atoms with Crippen molar-refractivity contribution in [2.24, 2.45) is 0 Å². The second-order valence-electron chi connectivity index (χ2n) is 4.43. The molecule has 0 saturated carbocycles. The summed E-state index contributed by atoms with van der Waals surface area (Å²) in [6.07, 6.45) is 1.65. The molecule has 4 nitrogen and oxygen atoms in total. The van der Waals surface area contributed by atoms with E-state index >= 15 is 0 Å². The van der Waals surface area contributed by atoms with E-state index in [9.17, 15) is 4.79 Å². The number of nitrogens with one attached hydrogen (secondary N) is 1. The maximum Gasteiger partial charge on any atom is 0.255 e. The van der Waals surface area contributed by atoms with Crippen LogP contribution in [0.5, 0.6) is 11.5 Å². The molecule has 2 aromatic rings. The monoisotopic (exact) mass is 409 g/mol. The van der Waals surface area contributed by atoms with Crippen LogP contribution in [0.2, 0.25) is 0 Å². The zero-order chi connectivity index (χ0) is 15.9. The molecule has 0 fully saturated rings. The minimum atomic E-state index is -0.199. The van der Waals surface area contributed by atoms with E-state index in [4.69, 9.17) is 9.47 Å². The summed E-state index contributed by atoms with van der Waals surface area (Å²) >= 11 is 2.20. The smallest absolute Gasteiger partial charge is 0.255 e. The van der Waals surface area contributed by atoms with Gasteiger partial charge >= 0.3 is 0 Å². The Bertz CT molecular complexity index is 685. The number of amides is 1. The molecule has 0 aliphatic heterocycles. The number of methoxy groups -OCH3 is 1. The first-order valence-corrected chi connectivity index (χ1v) is 7.70. The Hall–Kier alpha value is -2.02. The zero-order valence-corrected chi connectivity index (χ0v) is 14.3. The predicted octanol–water partition coefficient (Wildman–Crippen LogP) is 4.12. The van der Waals surface area contributed by atoms with Gasteiger partial charge in [0.05, 0.1) is 7.11 Å². The van der Waals surface area contributed by atoms with Crippen molar-refractivity contribution in [3.05, 3.63) is 64.3 Å². The SMILES string of the molecule is C=CCOc1ccc(C(=O)Nc2cccc(I)c2)cc1OC. The Morgan fingerprint density at radius 3 is 2.77 bits per heavy atom. The standard InChI is InChI=1S/C17H16INO3/c1-3-9-22-15-8-7-12(10-16(15)21-2)17(20)19-14-6-4-5-13(18)11-14/h3-8,10-11H,1,9H2,2H3,(H,19,20). The highest BCUT2D eigenvalue weighted by molar-refractivity contribution is 14.1. The van der Waals surface area contributed by atoms with Crippen LogP contribution >= 0.6 is 22.6 Å². The van der Waals surface area contributed by atoms with Crippen LogP contribution in [0.25, 0.3) is 0 Å². The van der Waals surface area contributed by atoms with Gasteiger partial charge in [0.1, 0.15) is 6.61 Å². The molecule has 5 heteroatoms. The molecule has 114 valence electrons. The lowest BCUT2D eigenvalue weighted by Crippen LogP contribution is -2.12. The first-order valence-electron chi connectivity index (χ1n) is 6.62. The van der Waals surface area contributed by atoms with Crippen LogP contribution in [0, 0.1) is 3.57 Å². The minimum absolute atomic E-state index is 0.199. The van der Waals surface area contributed by atoms with Crippen LogP contribution in [-0.2, 0) is 0 Å². The first-order chi connectivity index (χ1) is 10.6. The van der Waals surface area contributed by atoms with Crippen molar-refractivity contribution in [1.82, 2.24) is 0 Å². The van der Waals surface area contributed by atoms with Gasteiger partial charge in [-0.1, -0.05) is 18.7 Å². The third-order valence-corrected chi connectivity index (χ3v) is 3.54. The van der Waals surface area contributed by atoms with Gasteiger partial charge in [0.25, 0.3) is 5.91 Å². The number of benzene rings is 2. The Labute approximate surface area is 143 Å². The quantitative estimate of drug-likeness (QED) is 0.577. The Morgan fingerprint density at radius 2 is 2.09 bits per heavy atom. The average Bonchev–Trinajstić information content (AvgIpc) is 2.52. The highest BCUT2D eigenvalue weighted by Gasteiger charge is 2.11. The van der Waals surface area contributed by atoms with Crippen molar-refractivity contribution in [2.75, 3.05) is 19.0 Å². The molecular weight excluding hydrogens is 393 g/mol. The van der Waals surface area contributed by atoms with E-state index in [1.165, 1.54) is 7.11 Å². The van der Waals surface area contributed by atoms with Crippen molar-refractivity contribution in [3.8, 4) is 11.5 Å². The van der Waals surface area contributed by atoms with Crippen LogP contribution in [0.1, 0.15) is 10.4 Å². The molecule has 0 saturated heterocycles. The Balaban J connectivity index is 2.17. The van der Waals surface area contributed by atoms with Crippen molar-refractivity contribution in [1.29, 1.82) is 0 Å². The number of hydrogen-bond acceptors (Lipinski definition) is 3. The highest BCUT2D eigenvalue weighted by atomic mass is 127. The molecule has 0 unspecified atom stereocenters. The molecule has 0 atom stereocenters. The molecule has 0 bridgehead atoms. The average molecular weight is 409 g/mol. The summed E-state index contributed by atoms with van der Waals surface area (Å²) in [6, 6.07) is 12.7. The summed E-state index contributed by atoms with van der Waals surface area (Å²) in [7, 11) is 1.54. The van der Waals surface area contributed by atoms with Crippen molar-refractivity contribution < 1.29 is 14.3 Å². The summed E-state index contributed by atoms with van der Waals surface area (Å²) in [4.78, 5) is 12.3. The molecule has 0 radical (unpaired) electrons. The maximum absolute atomic E-state index is 12.3. The molecule has 2 aromatic carbocycles. The number of ether oxygens (including phenoxy) is 2. The van der Waals surface area contributed by atoms with E-state index in [1.54, 1.807) is 24.3 Å². The fraction of sp³-hybridized carbons (Fsp3) is 0.118. The molecule has 1 N–H and O–H groups in total. The van der Waals surface area contributed by atoms with Gasteiger partial charge in [0, 0.05) is 14.8 Å². The van der Waals surface area contributed by atoms with Gasteiger partial charge in [-0.05, 0) is 59.0 Å². The van der Waals surface area contributed by atoms with Gasteiger partial charge in [-0.3, -0.25) is 4.79 Å². The number of halogens is 1. The lowest BCUT2D eigenvalue weighted by Gasteiger charge is -2.11. The van der Waals surface area contributed by atoms with Gasteiger partial charge in [0.15, 0.2) is 11.5 Å². The first kappa shape index (κ1) is 16.4. The van der Waals surface area contributed by atoms with E-state index in [2.05, 4.69) is 34.5 Å². The summed E-state index contributed by atoms with van der Waals surface area (Å²) < 4.78 is 11.8. The van der Waals surface area contributed by atoms with Crippen molar-refractivity contribution >= 4 is 34.2 Å². The van der Waals surface area contributed by atoms with Gasteiger partial charge < -0.3 is 14.8 Å². The summed E-state index contributed by atoms with van der Waals surface area (Å²) in [5.74, 6) is 0.890. The topological polar surface area (TPSA) is 47.6 Å². The lowest BCUT2D eigenvalue weighted by molar-refractivity contribution is 0.102. The number of rotatable bonds is 6. The zero-order valence-electron chi connectivity index (χ0n) is 12.1. The Kier molecular flexibility index (Phi) is 5.83.